The van der Waals surface area contributed by atoms with Gasteiger partial charge in [0.1, 0.15) is 11.6 Å². The van der Waals surface area contributed by atoms with Crippen LogP contribution in [0.3, 0.4) is 0 Å². The van der Waals surface area contributed by atoms with Crippen molar-refractivity contribution in [2.75, 3.05) is 10.6 Å². The maximum Gasteiger partial charge on any atom is 0.137 e. The van der Waals surface area contributed by atoms with Gasteiger partial charge < -0.3 is 5.73 Å². The molecule has 0 radical (unpaired) electrons. The van der Waals surface area contributed by atoms with Crippen LogP contribution in [-0.4, -0.2) is 14.8 Å². The van der Waals surface area contributed by atoms with Gasteiger partial charge in [-0.1, -0.05) is 6.07 Å². The van der Waals surface area contributed by atoms with E-state index in [0.29, 0.717) is 17.2 Å². The molecule has 0 atom stereocenters. The Balaban J connectivity index is 2.17. The van der Waals surface area contributed by atoms with E-state index < -0.39 is 0 Å². The zero-order valence-electron chi connectivity index (χ0n) is 11.4. The second kappa shape index (κ2) is 5.24. The number of pyridine rings is 1. The smallest absolute Gasteiger partial charge is 0.137 e. The van der Waals surface area contributed by atoms with Crippen LogP contribution < -0.4 is 10.6 Å². The lowest BCUT2D eigenvalue weighted by Gasteiger charge is -2.23. The molecule has 0 saturated carbocycles. The van der Waals surface area contributed by atoms with Gasteiger partial charge in [-0.25, -0.2) is 9.37 Å². The summed E-state index contributed by atoms with van der Waals surface area (Å²) in [6.07, 6.45) is 5.24. The zero-order chi connectivity index (χ0) is 14.8. The van der Waals surface area contributed by atoms with Crippen molar-refractivity contribution in [1.29, 1.82) is 0 Å². The van der Waals surface area contributed by atoms with E-state index in [1.54, 1.807) is 23.1 Å². The predicted molar refractivity (Wildman–Crippen MR) is 80.1 cm³/mol. The van der Waals surface area contributed by atoms with Crippen molar-refractivity contribution < 1.29 is 4.39 Å². The molecule has 1 aromatic carbocycles. The predicted octanol–water partition coefficient (Wildman–Crippen LogP) is 3.01. The monoisotopic (exact) mass is 283 g/mol. The van der Waals surface area contributed by atoms with E-state index in [0.717, 1.165) is 5.69 Å². The van der Waals surface area contributed by atoms with Crippen LogP contribution in [0.15, 0.2) is 55.0 Å². The molecule has 3 aromatic rings. The molecule has 0 aliphatic heterocycles. The average Bonchev–Trinajstić information content (AvgIpc) is 2.89. The first-order valence-electron chi connectivity index (χ1n) is 6.40. The van der Waals surface area contributed by atoms with Gasteiger partial charge in [-0.15, -0.1) is 0 Å². The number of aryl methyl sites for hydroxylation is 1. The quantitative estimate of drug-likeness (QED) is 0.751. The average molecular weight is 283 g/mol. The van der Waals surface area contributed by atoms with Crippen LogP contribution >= 0.6 is 0 Å². The maximum atomic E-state index is 13.3. The highest BCUT2D eigenvalue weighted by Gasteiger charge is 2.17. The van der Waals surface area contributed by atoms with Gasteiger partial charge in [0.15, 0.2) is 0 Å². The SMILES string of the molecule is Cn1cc(N(c2ccccn2)c2ccc(F)cc2N)cn1. The number of nitrogens with zero attached hydrogens (tertiary/aromatic N) is 4. The first-order valence-corrected chi connectivity index (χ1v) is 6.40. The summed E-state index contributed by atoms with van der Waals surface area (Å²) in [5.41, 5.74) is 7.76. The standard InChI is InChI=1S/C15H14FN5/c1-20-10-12(9-19-20)21(15-4-2-3-7-18-15)14-6-5-11(16)8-13(14)17/h2-10H,17H2,1H3. The molecule has 5 nitrogen and oxygen atoms in total. The molecule has 0 saturated heterocycles. The van der Waals surface area contributed by atoms with Crippen LogP contribution in [0, 0.1) is 5.82 Å². The number of benzene rings is 1. The summed E-state index contributed by atoms with van der Waals surface area (Å²) < 4.78 is 15.0. The third kappa shape index (κ3) is 2.55. The van der Waals surface area contributed by atoms with Crippen molar-refractivity contribution in [1.82, 2.24) is 14.8 Å². The van der Waals surface area contributed by atoms with Gasteiger partial charge in [0.25, 0.3) is 0 Å². The zero-order valence-corrected chi connectivity index (χ0v) is 11.4. The van der Waals surface area contributed by atoms with E-state index in [4.69, 9.17) is 5.73 Å². The molecule has 2 aromatic heterocycles. The van der Waals surface area contributed by atoms with Crippen molar-refractivity contribution in [3.8, 4) is 0 Å². The minimum Gasteiger partial charge on any atom is -0.397 e. The summed E-state index contributed by atoms with van der Waals surface area (Å²) in [4.78, 5) is 6.18. The van der Waals surface area contributed by atoms with Crippen LogP contribution in [0.1, 0.15) is 0 Å². The molecular formula is C15H14FN5. The third-order valence-corrected chi connectivity index (χ3v) is 3.06. The molecule has 0 unspecified atom stereocenters. The molecule has 0 bridgehead atoms. The molecule has 0 aliphatic carbocycles. The number of rotatable bonds is 3. The molecule has 0 aliphatic rings. The van der Waals surface area contributed by atoms with Crippen LogP contribution in [0.25, 0.3) is 0 Å². The van der Waals surface area contributed by atoms with Gasteiger partial charge in [-0.2, -0.15) is 5.10 Å². The van der Waals surface area contributed by atoms with E-state index in [1.165, 1.54) is 12.1 Å². The highest BCUT2D eigenvalue weighted by atomic mass is 19.1. The van der Waals surface area contributed by atoms with Crippen molar-refractivity contribution >= 4 is 22.9 Å². The molecular weight excluding hydrogens is 269 g/mol. The van der Waals surface area contributed by atoms with E-state index in [2.05, 4.69) is 10.1 Å². The molecule has 21 heavy (non-hydrogen) atoms. The first-order chi connectivity index (χ1) is 10.1. The second-order valence-electron chi connectivity index (χ2n) is 4.60. The van der Waals surface area contributed by atoms with Crippen molar-refractivity contribution in [3.05, 3.63) is 60.8 Å². The Morgan fingerprint density at radius 1 is 1.24 bits per heavy atom. The minimum absolute atomic E-state index is 0.338. The number of hydrogen-bond donors (Lipinski definition) is 1. The highest BCUT2D eigenvalue weighted by Crippen LogP contribution is 2.36. The Hall–Kier alpha value is -2.89. The Bertz CT molecular complexity index is 754. The lowest BCUT2D eigenvalue weighted by Crippen LogP contribution is -2.12. The Morgan fingerprint density at radius 3 is 2.71 bits per heavy atom. The first kappa shape index (κ1) is 13.1. The van der Waals surface area contributed by atoms with E-state index in [-0.39, 0.29) is 5.82 Å². The second-order valence-corrected chi connectivity index (χ2v) is 4.60. The maximum absolute atomic E-state index is 13.3. The Morgan fingerprint density at radius 2 is 2.10 bits per heavy atom. The highest BCUT2D eigenvalue weighted by molar-refractivity contribution is 5.81. The van der Waals surface area contributed by atoms with E-state index in [9.17, 15) is 4.39 Å². The fourth-order valence-electron chi connectivity index (χ4n) is 2.13. The Kier molecular flexibility index (Phi) is 3.27. The van der Waals surface area contributed by atoms with Gasteiger partial charge in [0, 0.05) is 19.4 Å². The molecule has 0 fully saturated rings. The largest absolute Gasteiger partial charge is 0.397 e. The third-order valence-electron chi connectivity index (χ3n) is 3.06. The number of nitrogens with two attached hydrogens (primary N) is 1. The molecule has 0 amide bonds. The molecule has 2 N–H and O–H groups in total. The van der Waals surface area contributed by atoms with Crippen LogP contribution in [0.2, 0.25) is 0 Å². The molecule has 6 heteroatoms. The van der Waals surface area contributed by atoms with Crippen molar-refractivity contribution in [2.24, 2.45) is 7.05 Å². The Labute approximate surface area is 121 Å². The number of hydrogen-bond acceptors (Lipinski definition) is 4. The normalized spacial score (nSPS) is 10.6. The molecule has 106 valence electrons. The number of aromatic nitrogens is 3. The van der Waals surface area contributed by atoms with Crippen LogP contribution in [0.5, 0.6) is 0 Å². The molecule has 2 heterocycles. The van der Waals surface area contributed by atoms with Gasteiger partial charge in [-0.05, 0) is 30.3 Å². The molecule has 3 rings (SSSR count). The van der Waals surface area contributed by atoms with E-state index >= 15 is 0 Å². The van der Waals surface area contributed by atoms with E-state index in [1.807, 2.05) is 36.3 Å². The fourth-order valence-corrected chi connectivity index (χ4v) is 2.13. The van der Waals surface area contributed by atoms with Gasteiger partial charge in [-0.3, -0.25) is 9.58 Å². The lowest BCUT2D eigenvalue weighted by atomic mass is 10.2. The van der Waals surface area contributed by atoms with Crippen LogP contribution in [0.4, 0.5) is 27.3 Å². The molecule has 0 spiro atoms. The van der Waals surface area contributed by atoms with Gasteiger partial charge in [0.2, 0.25) is 0 Å². The number of anilines is 4. The van der Waals surface area contributed by atoms with Crippen molar-refractivity contribution in [3.63, 3.8) is 0 Å². The summed E-state index contributed by atoms with van der Waals surface area (Å²) in [5, 5.41) is 4.17. The van der Waals surface area contributed by atoms with Gasteiger partial charge >= 0.3 is 0 Å². The number of halogens is 1. The number of nitrogen functional groups attached to an aromatic ring is 1. The summed E-state index contributed by atoms with van der Waals surface area (Å²) >= 11 is 0. The summed E-state index contributed by atoms with van der Waals surface area (Å²) in [5.74, 6) is 0.312. The summed E-state index contributed by atoms with van der Waals surface area (Å²) in [7, 11) is 1.83. The topological polar surface area (TPSA) is 60.0 Å². The van der Waals surface area contributed by atoms with Crippen LogP contribution in [-0.2, 0) is 7.05 Å². The summed E-state index contributed by atoms with van der Waals surface area (Å²) in [6.45, 7) is 0. The minimum atomic E-state index is -0.372. The summed E-state index contributed by atoms with van der Waals surface area (Å²) in [6, 6.07) is 9.87. The fraction of sp³-hybridized carbons (Fsp3) is 0.0667. The van der Waals surface area contributed by atoms with Crippen molar-refractivity contribution in [2.45, 2.75) is 0 Å². The van der Waals surface area contributed by atoms with Gasteiger partial charge in [0.05, 0.1) is 23.3 Å². The lowest BCUT2D eigenvalue weighted by molar-refractivity contribution is 0.628.